The molecule has 0 bridgehead atoms. The molecule has 0 saturated heterocycles. The number of benzene rings is 2. The van der Waals surface area contributed by atoms with Gasteiger partial charge < -0.3 is 9.64 Å². The molecule has 0 saturated carbocycles. The van der Waals surface area contributed by atoms with Gasteiger partial charge in [0.2, 0.25) is 0 Å². The maximum absolute atomic E-state index is 12.8. The highest BCUT2D eigenvalue weighted by molar-refractivity contribution is 8.03. The number of thioether (sulfide) groups is 1. The summed E-state index contributed by atoms with van der Waals surface area (Å²) in [5.74, 6) is -0.658. The zero-order valence-corrected chi connectivity index (χ0v) is 14.1. The second-order valence-corrected chi connectivity index (χ2v) is 6.42. The van der Waals surface area contributed by atoms with Crippen LogP contribution in [0.1, 0.15) is 16.8 Å². The highest BCUT2D eigenvalue weighted by Gasteiger charge is 2.33. The molecule has 122 valence electrons. The summed E-state index contributed by atoms with van der Waals surface area (Å²) in [4.78, 5) is 28.4. The molecule has 1 heterocycles. The van der Waals surface area contributed by atoms with Crippen LogP contribution in [0.4, 0.5) is 0 Å². The fourth-order valence-corrected chi connectivity index (χ4v) is 3.65. The van der Waals surface area contributed by atoms with E-state index in [2.05, 4.69) is 0 Å². The van der Waals surface area contributed by atoms with Crippen LogP contribution in [-0.2, 0) is 9.53 Å². The minimum Gasteiger partial charge on any atom is -0.464 e. The van der Waals surface area contributed by atoms with Crippen molar-refractivity contribution in [1.29, 1.82) is 0 Å². The molecule has 0 atom stereocenters. The van der Waals surface area contributed by atoms with Gasteiger partial charge in [-0.25, -0.2) is 4.79 Å². The largest absolute Gasteiger partial charge is 0.464 e. The van der Waals surface area contributed by atoms with Gasteiger partial charge in [0.25, 0.3) is 5.91 Å². The number of ether oxygens (including phenoxy) is 1. The maximum Gasteiger partial charge on any atom is 0.355 e. The summed E-state index contributed by atoms with van der Waals surface area (Å²) >= 11 is 1.50. The van der Waals surface area contributed by atoms with Gasteiger partial charge in [-0.05, 0) is 30.7 Å². The topological polar surface area (TPSA) is 46.6 Å². The Morgan fingerprint density at radius 2 is 1.62 bits per heavy atom. The average Bonchev–Trinajstić information content (AvgIpc) is 3.05. The van der Waals surface area contributed by atoms with E-state index in [0.717, 1.165) is 9.80 Å². The van der Waals surface area contributed by atoms with Gasteiger partial charge in [-0.1, -0.05) is 48.2 Å². The van der Waals surface area contributed by atoms with E-state index < -0.39 is 5.97 Å². The lowest BCUT2D eigenvalue weighted by molar-refractivity contribution is -0.137. The van der Waals surface area contributed by atoms with Crippen LogP contribution >= 0.6 is 11.8 Å². The van der Waals surface area contributed by atoms with Gasteiger partial charge in [0, 0.05) is 21.9 Å². The normalized spacial score (nSPS) is 14.0. The van der Waals surface area contributed by atoms with Crippen molar-refractivity contribution in [1.82, 2.24) is 4.90 Å². The number of carbonyl (C=O) groups excluding carboxylic acids is 2. The Balaban J connectivity index is 1.93. The molecule has 2 aromatic carbocycles. The number of carbonyl (C=O) groups is 2. The van der Waals surface area contributed by atoms with Crippen molar-refractivity contribution < 1.29 is 14.3 Å². The first-order valence-corrected chi connectivity index (χ1v) is 8.43. The third-order valence-electron chi connectivity index (χ3n) is 3.73. The van der Waals surface area contributed by atoms with Gasteiger partial charge in [-0.2, -0.15) is 0 Å². The molecule has 0 aromatic heterocycles. The van der Waals surface area contributed by atoms with Crippen LogP contribution in [0, 0.1) is 0 Å². The summed E-state index contributed by atoms with van der Waals surface area (Å²) in [6.45, 7) is 0.479. The number of nitrogens with zero attached hydrogens (tertiary/aromatic N) is 1. The summed E-state index contributed by atoms with van der Waals surface area (Å²) in [6, 6.07) is 18.8. The first kappa shape index (κ1) is 16.3. The number of hydrogen-bond acceptors (Lipinski definition) is 4. The van der Waals surface area contributed by atoms with Gasteiger partial charge in [-0.15, -0.1) is 0 Å². The van der Waals surface area contributed by atoms with Crippen LogP contribution in [0.15, 0.2) is 76.2 Å². The molecule has 1 aliphatic rings. The highest BCUT2D eigenvalue weighted by atomic mass is 32.2. The van der Waals surface area contributed by atoms with Gasteiger partial charge in [0.1, 0.15) is 5.70 Å². The van der Waals surface area contributed by atoms with Crippen LogP contribution in [0.3, 0.4) is 0 Å². The number of rotatable bonds is 4. The maximum atomic E-state index is 12.8. The molecule has 1 aliphatic heterocycles. The third-order valence-corrected chi connectivity index (χ3v) is 4.88. The van der Waals surface area contributed by atoms with Crippen LogP contribution in [0.25, 0.3) is 0 Å². The summed E-state index contributed by atoms with van der Waals surface area (Å²) in [5.41, 5.74) is 0.907. The number of methoxy groups -OCH3 is 1. The van der Waals surface area contributed by atoms with Crippen molar-refractivity contribution >= 4 is 23.6 Å². The third kappa shape index (κ3) is 3.36. The second kappa shape index (κ2) is 7.36. The van der Waals surface area contributed by atoms with E-state index in [4.69, 9.17) is 4.74 Å². The van der Waals surface area contributed by atoms with Crippen LogP contribution in [-0.4, -0.2) is 30.4 Å². The standard InChI is InChI=1S/C19H17NO3S/c1-23-19(22)17-16(24-15-10-6-3-7-11-15)12-13-20(17)18(21)14-8-4-2-5-9-14/h2-11H,12-13H2,1H3. The molecule has 0 spiro atoms. The number of esters is 1. The monoisotopic (exact) mass is 339 g/mol. The Hall–Kier alpha value is -2.53. The molecule has 0 N–H and O–H groups in total. The van der Waals surface area contributed by atoms with Gasteiger partial charge in [0.05, 0.1) is 7.11 Å². The van der Waals surface area contributed by atoms with Crippen LogP contribution in [0.2, 0.25) is 0 Å². The lowest BCUT2D eigenvalue weighted by Gasteiger charge is -2.19. The van der Waals surface area contributed by atoms with E-state index in [0.29, 0.717) is 24.2 Å². The first-order chi connectivity index (χ1) is 11.7. The molecule has 24 heavy (non-hydrogen) atoms. The molecule has 0 aliphatic carbocycles. The molecule has 3 rings (SSSR count). The zero-order chi connectivity index (χ0) is 16.9. The van der Waals surface area contributed by atoms with Crippen LogP contribution in [0.5, 0.6) is 0 Å². The van der Waals surface area contributed by atoms with Crippen molar-refractivity contribution in [2.45, 2.75) is 11.3 Å². The molecule has 0 radical (unpaired) electrons. The quantitative estimate of drug-likeness (QED) is 0.797. The van der Waals surface area contributed by atoms with Gasteiger partial charge in [-0.3, -0.25) is 4.79 Å². The summed E-state index contributed by atoms with van der Waals surface area (Å²) in [6.07, 6.45) is 0.641. The SMILES string of the molecule is COC(=O)C1=C(Sc2ccccc2)CCN1C(=O)c1ccccc1. The van der Waals surface area contributed by atoms with Gasteiger partial charge in [0.15, 0.2) is 0 Å². The van der Waals surface area contributed by atoms with E-state index in [1.54, 1.807) is 12.1 Å². The molecule has 5 heteroatoms. The van der Waals surface area contributed by atoms with Crippen molar-refractivity contribution in [3.63, 3.8) is 0 Å². The van der Waals surface area contributed by atoms with E-state index in [1.165, 1.54) is 23.8 Å². The Bertz CT molecular complexity index is 772. The Kier molecular flexibility index (Phi) is 5.01. The highest BCUT2D eigenvalue weighted by Crippen LogP contribution is 2.37. The van der Waals surface area contributed by atoms with E-state index in [9.17, 15) is 9.59 Å². The first-order valence-electron chi connectivity index (χ1n) is 7.62. The fraction of sp³-hybridized carbons (Fsp3) is 0.158. The predicted octanol–water partition coefficient (Wildman–Crippen LogP) is 3.71. The van der Waals surface area contributed by atoms with Crippen molar-refractivity contribution in [2.24, 2.45) is 0 Å². The molecule has 4 nitrogen and oxygen atoms in total. The minimum absolute atomic E-state index is 0.181. The lowest BCUT2D eigenvalue weighted by Crippen LogP contribution is -2.31. The molecular formula is C19H17NO3S. The van der Waals surface area contributed by atoms with Gasteiger partial charge >= 0.3 is 5.97 Å². The molecule has 0 fully saturated rings. The fourth-order valence-electron chi connectivity index (χ4n) is 2.58. The molecule has 2 aromatic rings. The number of hydrogen-bond donors (Lipinski definition) is 0. The van der Waals surface area contributed by atoms with E-state index in [-0.39, 0.29) is 5.91 Å². The molecule has 1 amide bonds. The molecule has 0 unspecified atom stereocenters. The lowest BCUT2D eigenvalue weighted by atomic mass is 10.2. The van der Waals surface area contributed by atoms with Crippen molar-refractivity contribution in [3.05, 3.63) is 76.8 Å². The summed E-state index contributed by atoms with van der Waals surface area (Å²) in [7, 11) is 1.34. The smallest absolute Gasteiger partial charge is 0.355 e. The zero-order valence-electron chi connectivity index (χ0n) is 13.3. The summed E-state index contributed by atoms with van der Waals surface area (Å²) in [5, 5.41) is 0. The average molecular weight is 339 g/mol. The van der Waals surface area contributed by atoms with Crippen LogP contribution < -0.4 is 0 Å². The minimum atomic E-state index is -0.477. The number of amides is 1. The Labute approximate surface area is 145 Å². The van der Waals surface area contributed by atoms with E-state index >= 15 is 0 Å². The molecular weight excluding hydrogens is 322 g/mol. The van der Waals surface area contributed by atoms with E-state index in [1.807, 2.05) is 48.5 Å². The van der Waals surface area contributed by atoms with Crippen molar-refractivity contribution in [2.75, 3.05) is 13.7 Å². The second-order valence-electron chi connectivity index (χ2n) is 5.25. The van der Waals surface area contributed by atoms with Crippen molar-refractivity contribution in [3.8, 4) is 0 Å². The Morgan fingerprint density at radius 3 is 2.25 bits per heavy atom. The summed E-state index contributed by atoms with van der Waals surface area (Å²) < 4.78 is 4.91. The Morgan fingerprint density at radius 1 is 1.00 bits per heavy atom. The predicted molar refractivity (Wildman–Crippen MR) is 93.4 cm³/mol.